The maximum absolute atomic E-state index is 10.9. The van der Waals surface area contributed by atoms with E-state index in [0.29, 0.717) is 43.9 Å². The molecule has 8 nitrogen and oxygen atoms in total. The molecule has 3 rings (SSSR count). The van der Waals surface area contributed by atoms with Crippen molar-refractivity contribution in [1.82, 2.24) is 9.97 Å². The molecule has 1 N–H and O–H groups in total. The van der Waals surface area contributed by atoms with Gasteiger partial charge in [-0.3, -0.25) is 0 Å². The number of hydrogen-bond donors (Lipinski definition) is 1. The predicted octanol–water partition coefficient (Wildman–Crippen LogP) is 3.29. The van der Waals surface area contributed by atoms with Crippen molar-refractivity contribution < 1.29 is 24.1 Å². The van der Waals surface area contributed by atoms with Crippen LogP contribution in [-0.2, 0) is 4.74 Å². The molecule has 8 heteroatoms. The maximum atomic E-state index is 10.9. The molecule has 0 saturated carbocycles. The monoisotopic (exact) mass is 359 g/mol. The van der Waals surface area contributed by atoms with E-state index in [1.165, 1.54) is 11.8 Å². The lowest BCUT2D eigenvalue weighted by Gasteiger charge is -2.26. The number of benzene rings is 1. The normalized spacial score (nSPS) is 14.3. The van der Waals surface area contributed by atoms with Crippen LogP contribution in [0.4, 0.5) is 10.7 Å². The van der Waals surface area contributed by atoms with Gasteiger partial charge >= 0.3 is 6.16 Å². The van der Waals surface area contributed by atoms with Crippen molar-refractivity contribution in [3.63, 3.8) is 0 Å². The summed E-state index contributed by atoms with van der Waals surface area (Å²) in [5.74, 6) is 1.39. The van der Waals surface area contributed by atoms with Crippen LogP contribution in [0.2, 0.25) is 0 Å². The fourth-order valence-corrected chi connectivity index (χ4v) is 2.53. The van der Waals surface area contributed by atoms with Crippen molar-refractivity contribution in [3.05, 3.63) is 36.0 Å². The Kier molecular flexibility index (Phi) is 5.52. The smallest absolute Gasteiger partial charge is 0.449 e. The Labute approximate surface area is 151 Å². The molecular weight excluding hydrogens is 338 g/mol. The number of anilines is 1. The van der Waals surface area contributed by atoms with Gasteiger partial charge in [0.25, 0.3) is 5.88 Å². The first-order chi connectivity index (χ1) is 12.5. The van der Waals surface area contributed by atoms with E-state index in [9.17, 15) is 4.79 Å². The maximum Gasteiger partial charge on any atom is 0.511 e. The molecule has 0 atom stereocenters. The van der Waals surface area contributed by atoms with Gasteiger partial charge in [0.1, 0.15) is 5.75 Å². The van der Waals surface area contributed by atoms with Crippen LogP contribution >= 0.6 is 0 Å². The molecule has 0 aliphatic carbocycles. The number of carbonyl (C=O) groups is 1. The molecule has 1 aliphatic rings. The van der Waals surface area contributed by atoms with Crippen molar-refractivity contribution >= 4 is 12.1 Å². The number of nitrogens with zero attached hydrogens (tertiary/aromatic N) is 3. The van der Waals surface area contributed by atoms with E-state index >= 15 is 0 Å². The minimum atomic E-state index is -1.45. The van der Waals surface area contributed by atoms with Crippen LogP contribution in [-0.4, -0.2) is 47.5 Å². The van der Waals surface area contributed by atoms with Gasteiger partial charge in [0.05, 0.1) is 19.4 Å². The molecule has 0 unspecified atom stereocenters. The Bertz CT molecular complexity index is 758. The molecule has 138 valence electrons. The molecule has 1 aliphatic heterocycles. The van der Waals surface area contributed by atoms with Gasteiger partial charge in [0, 0.05) is 13.1 Å². The highest BCUT2D eigenvalue weighted by atomic mass is 16.7. The summed E-state index contributed by atoms with van der Waals surface area (Å²) in [6.07, 6.45) is -0.142. The first kappa shape index (κ1) is 17.9. The Balaban J connectivity index is 1.86. The molecule has 2 aromatic rings. The second kappa shape index (κ2) is 8.01. The molecule has 0 spiro atoms. The topological polar surface area (TPSA) is 94.0 Å². The highest BCUT2D eigenvalue weighted by Crippen LogP contribution is 2.31. The SMILES string of the molecule is CC(C)c1ccc(Oc2nc(N3CCOCC3)ncc2OC(=O)O)cc1. The summed E-state index contributed by atoms with van der Waals surface area (Å²) in [5.41, 5.74) is 1.18. The van der Waals surface area contributed by atoms with E-state index in [1.54, 1.807) is 0 Å². The molecular formula is C18H21N3O5. The molecule has 0 amide bonds. The molecule has 1 saturated heterocycles. The molecule has 1 aromatic heterocycles. The van der Waals surface area contributed by atoms with Crippen molar-refractivity contribution in [2.75, 3.05) is 31.2 Å². The fraction of sp³-hybridized carbons (Fsp3) is 0.389. The molecule has 0 bridgehead atoms. The second-order valence-electron chi connectivity index (χ2n) is 6.13. The summed E-state index contributed by atoms with van der Waals surface area (Å²) < 4.78 is 15.8. The largest absolute Gasteiger partial charge is 0.511 e. The second-order valence-corrected chi connectivity index (χ2v) is 6.13. The number of ether oxygens (including phenoxy) is 3. The highest BCUT2D eigenvalue weighted by molar-refractivity contribution is 5.62. The van der Waals surface area contributed by atoms with Gasteiger partial charge in [-0.25, -0.2) is 9.78 Å². The summed E-state index contributed by atoms with van der Waals surface area (Å²) in [6, 6.07) is 7.55. The third-order valence-corrected chi connectivity index (χ3v) is 3.96. The number of carboxylic acid groups (broad SMARTS) is 1. The molecule has 2 heterocycles. The van der Waals surface area contributed by atoms with Gasteiger partial charge in [-0.1, -0.05) is 26.0 Å². The summed E-state index contributed by atoms with van der Waals surface area (Å²) in [7, 11) is 0. The third kappa shape index (κ3) is 4.40. The lowest BCUT2D eigenvalue weighted by molar-refractivity contribution is 0.122. The van der Waals surface area contributed by atoms with Gasteiger partial charge in [-0.05, 0) is 23.6 Å². The summed E-state index contributed by atoms with van der Waals surface area (Å²) in [6.45, 7) is 6.69. The first-order valence-electron chi connectivity index (χ1n) is 8.41. The van der Waals surface area contributed by atoms with Crippen LogP contribution in [0.3, 0.4) is 0 Å². The molecule has 26 heavy (non-hydrogen) atoms. The fourth-order valence-electron chi connectivity index (χ4n) is 2.53. The molecule has 1 aromatic carbocycles. The van der Waals surface area contributed by atoms with Crippen LogP contribution in [0, 0.1) is 0 Å². The number of morpholine rings is 1. The van der Waals surface area contributed by atoms with Crippen LogP contribution in [0.1, 0.15) is 25.3 Å². The van der Waals surface area contributed by atoms with E-state index in [-0.39, 0.29) is 11.6 Å². The van der Waals surface area contributed by atoms with E-state index < -0.39 is 6.16 Å². The standard InChI is InChI=1S/C18H21N3O5/c1-12(2)13-3-5-14(6-4-13)25-16-15(26-18(22)23)11-19-17(20-16)21-7-9-24-10-8-21/h3-6,11-12H,7-10H2,1-2H3,(H,22,23). The average molecular weight is 359 g/mol. The Morgan fingerprint density at radius 1 is 1.23 bits per heavy atom. The van der Waals surface area contributed by atoms with Crippen molar-refractivity contribution in [2.45, 2.75) is 19.8 Å². The first-order valence-corrected chi connectivity index (χ1v) is 8.41. The lowest BCUT2D eigenvalue weighted by Crippen LogP contribution is -2.37. The van der Waals surface area contributed by atoms with E-state index in [4.69, 9.17) is 19.3 Å². The number of aromatic nitrogens is 2. The minimum Gasteiger partial charge on any atom is -0.449 e. The Hall–Kier alpha value is -2.87. The van der Waals surface area contributed by atoms with Crippen molar-refractivity contribution in [1.29, 1.82) is 0 Å². The highest BCUT2D eigenvalue weighted by Gasteiger charge is 2.19. The zero-order valence-electron chi connectivity index (χ0n) is 14.7. The minimum absolute atomic E-state index is 0.0533. The summed E-state index contributed by atoms with van der Waals surface area (Å²) in [4.78, 5) is 21.4. The molecule has 0 radical (unpaired) electrons. The Morgan fingerprint density at radius 3 is 2.54 bits per heavy atom. The van der Waals surface area contributed by atoms with Gasteiger partial charge in [0.15, 0.2) is 0 Å². The quantitative estimate of drug-likeness (QED) is 0.813. The van der Waals surface area contributed by atoms with E-state index in [1.807, 2.05) is 29.2 Å². The molecule has 1 fully saturated rings. The van der Waals surface area contributed by atoms with Gasteiger partial charge in [-0.15, -0.1) is 0 Å². The number of rotatable bonds is 5. The van der Waals surface area contributed by atoms with Crippen LogP contribution in [0.5, 0.6) is 17.4 Å². The Morgan fingerprint density at radius 2 is 1.92 bits per heavy atom. The lowest BCUT2D eigenvalue weighted by atomic mass is 10.0. The van der Waals surface area contributed by atoms with E-state index in [2.05, 4.69) is 23.8 Å². The van der Waals surface area contributed by atoms with Crippen LogP contribution in [0.25, 0.3) is 0 Å². The van der Waals surface area contributed by atoms with Gasteiger partial charge < -0.3 is 24.2 Å². The zero-order valence-corrected chi connectivity index (χ0v) is 14.7. The van der Waals surface area contributed by atoms with Crippen molar-refractivity contribution in [2.24, 2.45) is 0 Å². The van der Waals surface area contributed by atoms with Crippen molar-refractivity contribution in [3.8, 4) is 17.4 Å². The summed E-state index contributed by atoms with van der Waals surface area (Å²) in [5, 5.41) is 8.91. The van der Waals surface area contributed by atoms with Crippen LogP contribution in [0.15, 0.2) is 30.5 Å². The van der Waals surface area contributed by atoms with Crippen LogP contribution < -0.4 is 14.4 Å². The average Bonchev–Trinajstić information content (AvgIpc) is 2.64. The zero-order chi connectivity index (χ0) is 18.5. The third-order valence-electron chi connectivity index (χ3n) is 3.96. The van der Waals surface area contributed by atoms with Gasteiger partial charge in [-0.2, -0.15) is 4.98 Å². The number of hydrogen-bond acceptors (Lipinski definition) is 7. The van der Waals surface area contributed by atoms with E-state index in [0.717, 1.165) is 0 Å². The van der Waals surface area contributed by atoms with Gasteiger partial charge in [0.2, 0.25) is 11.7 Å². The predicted molar refractivity (Wildman–Crippen MR) is 94.3 cm³/mol. The summed E-state index contributed by atoms with van der Waals surface area (Å²) >= 11 is 0.